The van der Waals surface area contributed by atoms with Crippen molar-refractivity contribution in [3.63, 3.8) is 0 Å². The van der Waals surface area contributed by atoms with Crippen molar-refractivity contribution in [3.05, 3.63) is 0 Å². The van der Waals surface area contributed by atoms with Crippen molar-refractivity contribution in [1.29, 1.82) is 0 Å². The zero-order chi connectivity index (χ0) is 22.1. The summed E-state index contributed by atoms with van der Waals surface area (Å²) in [4.78, 5) is 38.7. The minimum atomic E-state index is -0.370. The van der Waals surface area contributed by atoms with Gasteiger partial charge in [-0.1, -0.05) is 0 Å². The number of piperidine rings is 1. The summed E-state index contributed by atoms with van der Waals surface area (Å²) in [5.74, 6) is -0.290. The normalized spacial score (nSPS) is 25.4. The Hall–Kier alpha value is -1.67. The average Bonchev–Trinajstić information content (AvgIpc) is 3.49. The summed E-state index contributed by atoms with van der Waals surface area (Å²) in [6, 6.07) is 0. The van der Waals surface area contributed by atoms with Gasteiger partial charge in [-0.25, -0.2) is 0 Å². The van der Waals surface area contributed by atoms with Crippen LogP contribution in [0.2, 0.25) is 0 Å². The van der Waals surface area contributed by atoms with E-state index < -0.39 is 0 Å². The zero-order valence-electron chi connectivity index (χ0n) is 18.8. The first-order valence-corrected chi connectivity index (χ1v) is 12.0. The zero-order valence-corrected chi connectivity index (χ0v) is 18.8. The van der Waals surface area contributed by atoms with Gasteiger partial charge in [0.15, 0.2) is 0 Å². The number of hydrogen-bond donors (Lipinski definition) is 1. The van der Waals surface area contributed by atoms with E-state index in [0.29, 0.717) is 45.3 Å². The predicted molar refractivity (Wildman–Crippen MR) is 114 cm³/mol. The van der Waals surface area contributed by atoms with Crippen molar-refractivity contribution in [3.8, 4) is 0 Å². The fraction of sp³-hybridized carbons (Fsp3) is 0.870. The van der Waals surface area contributed by atoms with E-state index in [1.807, 2.05) is 4.90 Å². The van der Waals surface area contributed by atoms with E-state index in [2.05, 4.69) is 5.32 Å². The molecule has 2 amide bonds. The summed E-state index contributed by atoms with van der Waals surface area (Å²) in [6.07, 6.45) is 8.04. The monoisotopic (exact) mass is 438 g/mol. The van der Waals surface area contributed by atoms with Crippen LogP contribution < -0.4 is 5.32 Å². The highest BCUT2D eigenvalue weighted by molar-refractivity contribution is 5.77. The standard InChI is InChI=1S/C23H38N2O6/c1-17(16-24-21(26)8-6-19-4-2-14-29-19)31-23(28)18-10-12-25(13-11-18)22(27)9-7-20-5-3-15-30-20/h17-20H,2-16H2,1H3,(H,24,26)/t17-,19+,20+/m1/s1. The second-order valence-electron chi connectivity index (χ2n) is 9.05. The number of nitrogens with zero attached hydrogens (tertiary/aromatic N) is 1. The van der Waals surface area contributed by atoms with Gasteiger partial charge in [-0.3, -0.25) is 14.4 Å². The van der Waals surface area contributed by atoms with Crippen molar-refractivity contribution < 1.29 is 28.6 Å². The highest BCUT2D eigenvalue weighted by atomic mass is 16.5. The molecule has 3 saturated heterocycles. The van der Waals surface area contributed by atoms with E-state index in [1.54, 1.807) is 6.92 Å². The fourth-order valence-corrected chi connectivity index (χ4v) is 4.53. The summed E-state index contributed by atoms with van der Waals surface area (Å²) in [6.45, 7) is 4.90. The van der Waals surface area contributed by atoms with Crippen molar-refractivity contribution in [2.24, 2.45) is 5.92 Å². The van der Waals surface area contributed by atoms with Gasteiger partial charge in [0.2, 0.25) is 11.8 Å². The van der Waals surface area contributed by atoms with E-state index in [-0.39, 0.29) is 42.0 Å². The molecule has 0 saturated carbocycles. The number of hydrogen-bond acceptors (Lipinski definition) is 6. The van der Waals surface area contributed by atoms with Crippen LogP contribution in [-0.4, -0.2) is 73.8 Å². The molecule has 31 heavy (non-hydrogen) atoms. The van der Waals surface area contributed by atoms with E-state index in [9.17, 15) is 14.4 Å². The van der Waals surface area contributed by atoms with E-state index in [0.717, 1.165) is 51.7 Å². The number of nitrogens with one attached hydrogen (secondary N) is 1. The molecule has 0 spiro atoms. The summed E-state index contributed by atoms with van der Waals surface area (Å²) >= 11 is 0. The highest BCUT2D eigenvalue weighted by Gasteiger charge is 2.29. The molecule has 3 aliphatic rings. The molecule has 3 aliphatic heterocycles. The third-order valence-corrected chi connectivity index (χ3v) is 6.51. The van der Waals surface area contributed by atoms with Crippen LogP contribution in [0.5, 0.6) is 0 Å². The minimum absolute atomic E-state index is 0.0341. The SMILES string of the molecule is C[C@H](CNC(=O)CC[C@@H]1CCCO1)OC(=O)C1CCN(C(=O)CC[C@@H]2CCCO2)CC1. The molecule has 1 N–H and O–H groups in total. The fourth-order valence-electron chi connectivity index (χ4n) is 4.53. The molecule has 0 bridgehead atoms. The molecule has 8 nitrogen and oxygen atoms in total. The molecule has 176 valence electrons. The number of carbonyl (C=O) groups excluding carboxylic acids is 3. The molecule has 0 aromatic rings. The van der Waals surface area contributed by atoms with Crippen molar-refractivity contribution in [2.75, 3.05) is 32.8 Å². The van der Waals surface area contributed by atoms with Crippen LogP contribution in [0.15, 0.2) is 0 Å². The molecule has 3 rings (SSSR count). The largest absolute Gasteiger partial charge is 0.461 e. The van der Waals surface area contributed by atoms with E-state index in [1.165, 1.54) is 0 Å². The Bertz CT molecular complexity index is 593. The predicted octanol–water partition coefficient (Wildman–Crippen LogP) is 2.19. The first-order chi connectivity index (χ1) is 15.0. The lowest BCUT2D eigenvalue weighted by Gasteiger charge is -2.31. The maximum absolute atomic E-state index is 12.5. The second kappa shape index (κ2) is 12.4. The Balaban J connectivity index is 1.26. The number of amides is 2. The third-order valence-electron chi connectivity index (χ3n) is 6.51. The third kappa shape index (κ3) is 8.07. The Morgan fingerprint density at radius 2 is 1.58 bits per heavy atom. The highest BCUT2D eigenvalue weighted by Crippen LogP contribution is 2.22. The molecule has 3 fully saturated rings. The molecule has 8 heteroatoms. The molecule has 0 unspecified atom stereocenters. The van der Waals surface area contributed by atoms with Gasteiger partial charge in [-0.15, -0.1) is 0 Å². The van der Waals surface area contributed by atoms with Crippen LogP contribution in [0.3, 0.4) is 0 Å². The maximum atomic E-state index is 12.5. The van der Waals surface area contributed by atoms with Gasteiger partial charge in [0, 0.05) is 39.1 Å². The van der Waals surface area contributed by atoms with E-state index in [4.69, 9.17) is 14.2 Å². The number of ether oxygens (including phenoxy) is 3. The van der Waals surface area contributed by atoms with Crippen LogP contribution in [0, 0.1) is 5.92 Å². The topological polar surface area (TPSA) is 94.2 Å². The summed E-state index contributed by atoms with van der Waals surface area (Å²) in [7, 11) is 0. The van der Waals surface area contributed by atoms with Gasteiger partial charge in [0.25, 0.3) is 0 Å². The molecule has 3 atom stereocenters. The van der Waals surface area contributed by atoms with Gasteiger partial charge in [0.1, 0.15) is 6.10 Å². The smallest absolute Gasteiger partial charge is 0.309 e. The Kier molecular flexibility index (Phi) is 9.58. The molecule has 0 radical (unpaired) electrons. The van der Waals surface area contributed by atoms with E-state index >= 15 is 0 Å². The Labute approximate surface area is 185 Å². The van der Waals surface area contributed by atoms with Gasteiger partial charge >= 0.3 is 5.97 Å². The second-order valence-corrected chi connectivity index (χ2v) is 9.05. The number of carbonyl (C=O) groups is 3. The molecular weight excluding hydrogens is 400 g/mol. The number of rotatable bonds is 10. The first-order valence-electron chi connectivity index (χ1n) is 12.0. The maximum Gasteiger partial charge on any atom is 0.309 e. The first kappa shape index (κ1) is 24.0. The van der Waals surface area contributed by atoms with Crippen LogP contribution in [-0.2, 0) is 28.6 Å². The van der Waals surface area contributed by atoms with Gasteiger partial charge in [0.05, 0.1) is 24.7 Å². The lowest BCUT2D eigenvalue weighted by atomic mass is 9.96. The van der Waals surface area contributed by atoms with Crippen molar-refractivity contribution in [1.82, 2.24) is 10.2 Å². The van der Waals surface area contributed by atoms with Gasteiger partial charge in [-0.05, 0) is 58.3 Å². The van der Waals surface area contributed by atoms with Crippen molar-refractivity contribution >= 4 is 17.8 Å². The van der Waals surface area contributed by atoms with Crippen LogP contribution in [0.4, 0.5) is 0 Å². The van der Waals surface area contributed by atoms with Crippen LogP contribution in [0.1, 0.15) is 71.1 Å². The molecular formula is C23H38N2O6. The molecule has 0 aromatic carbocycles. The Morgan fingerprint density at radius 1 is 0.968 bits per heavy atom. The Morgan fingerprint density at radius 3 is 2.16 bits per heavy atom. The van der Waals surface area contributed by atoms with Crippen LogP contribution >= 0.6 is 0 Å². The average molecular weight is 439 g/mol. The van der Waals surface area contributed by atoms with Crippen LogP contribution in [0.25, 0.3) is 0 Å². The summed E-state index contributed by atoms with van der Waals surface area (Å²) < 4.78 is 16.6. The molecule has 0 aromatic heterocycles. The van der Waals surface area contributed by atoms with Gasteiger partial charge < -0.3 is 24.4 Å². The summed E-state index contributed by atoms with van der Waals surface area (Å²) in [5.41, 5.74) is 0. The number of likely N-dealkylation sites (tertiary alicyclic amines) is 1. The lowest BCUT2D eigenvalue weighted by Crippen LogP contribution is -2.42. The quantitative estimate of drug-likeness (QED) is 0.526. The lowest BCUT2D eigenvalue weighted by molar-refractivity contribution is -0.156. The molecule has 3 heterocycles. The van der Waals surface area contributed by atoms with Gasteiger partial charge in [-0.2, -0.15) is 0 Å². The minimum Gasteiger partial charge on any atom is -0.461 e. The number of esters is 1. The summed E-state index contributed by atoms with van der Waals surface area (Å²) in [5, 5.41) is 2.84. The molecule has 0 aliphatic carbocycles. The van der Waals surface area contributed by atoms with Crippen molar-refractivity contribution in [2.45, 2.75) is 89.4 Å².